The highest BCUT2D eigenvalue weighted by Crippen LogP contribution is 2.29. The van der Waals surface area contributed by atoms with Gasteiger partial charge in [-0.25, -0.2) is 9.67 Å². The van der Waals surface area contributed by atoms with Crippen LogP contribution < -0.4 is 5.32 Å². The van der Waals surface area contributed by atoms with Gasteiger partial charge in [0.25, 0.3) is 0 Å². The van der Waals surface area contributed by atoms with E-state index in [0.29, 0.717) is 5.92 Å². The summed E-state index contributed by atoms with van der Waals surface area (Å²) in [5.41, 5.74) is 1.63. The van der Waals surface area contributed by atoms with E-state index < -0.39 is 0 Å². The number of carbonyl (C=O) groups is 1. The molecule has 1 aliphatic heterocycles. The second-order valence-corrected chi connectivity index (χ2v) is 6.63. The van der Waals surface area contributed by atoms with Crippen molar-refractivity contribution in [3.05, 3.63) is 42.5 Å². The standard InChI is InChI=1S/C18H22N6O2/c1-23-9-8-19-18(23)17(13-6-10-26-11-7-13)20-16(25)12-24-15-5-3-2-4-14(15)21-22-24/h2-5,8-9,13,17H,6-7,10-12H2,1H3,(H,20,25). The van der Waals surface area contributed by atoms with Crippen LogP contribution in [-0.2, 0) is 23.1 Å². The van der Waals surface area contributed by atoms with E-state index in [0.717, 1.165) is 42.9 Å². The number of aryl methyl sites for hydroxylation is 1. The number of amides is 1. The van der Waals surface area contributed by atoms with Gasteiger partial charge in [0.05, 0.1) is 11.6 Å². The number of benzene rings is 1. The summed E-state index contributed by atoms with van der Waals surface area (Å²) in [7, 11) is 1.95. The Morgan fingerprint density at radius 3 is 2.92 bits per heavy atom. The third kappa shape index (κ3) is 3.32. The van der Waals surface area contributed by atoms with E-state index in [1.807, 2.05) is 42.1 Å². The summed E-state index contributed by atoms with van der Waals surface area (Å²) in [6.07, 6.45) is 5.48. The smallest absolute Gasteiger partial charge is 0.242 e. The molecule has 2 aromatic heterocycles. The van der Waals surface area contributed by atoms with Gasteiger partial charge in [0.2, 0.25) is 5.91 Å². The lowest BCUT2D eigenvalue weighted by atomic mass is 9.91. The maximum Gasteiger partial charge on any atom is 0.242 e. The first kappa shape index (κ1) is 16.7. The molecule has 1 fully saturated rings. The average molecular weight is 354 g/mol. The van der Waals surface area contributed by atoms with E-state index >= 15 is 0 Å². The maximum atomic E-state index is 12.7. The zero-order valence-electron chi connectivity index (χ0n) is 14.7. The van der Waals surface area contributed by atoms with Gasteiger partial charge < -0.3 is 14.6 Å². The highest BCUT2D eigenvalue weighted by molar-refractivity contribution is 5.80. The monoisotopic (exact) mass is 354 g/mol. The summed E-state index contributed by atoms with van der Waals surface area (Å²) in [4.78, 5) is 17.2. The Hall–Kier alpha value is -2.74. The number of para-hydroxylation sites is 1. The number of rotatable bonds is 5. The molecule has 1 aliphatic rings. The molecule has 1 amide bonds. The van der Waals surface area contributed by atoms with Crippen molar-refractivity contribution >= 4 is 16.9 Å². The number of aromatic nitrogens is 5. The maximum absolute atomic E-state index is 12.7. The molecule has 26 heavy (non-hydrogen) atoms. The summed E-state index contributed by atoms with van der Waals surface area (Å²) >= 11 is 0. The number of hydrogen-bond acceptors (Lipinski definition) is 5. The Labute approximate surface area is 151 Å². The van der Waals surface area contributed by atoms with Crippen LogP contribution in [0.2, 0.25) is 0 Å². The molecule has 1 atom stereocenters. The Morgan fingerprint density at radius 1 is 1.35 bits per heavy atom. The highest BCUT2D eigenvalue weighted by atomic mass is 16.5. The van der Waals surface area contributed by atoms with Gasteiger partial charge in [-0.1, -0.05) is 17.3 Å². The second kappa shape index (κ2) is 7.25. The lowest BCUT2D eigenvalue weighted by Gasteiger charge is -2.30. The molecule has 1 aromatic carbocycles. The molecule has 1 saturated heterocycles. The van der Waals surface area contributed by atoms with Gasteiger partial charge >= 0.3 is 0 Å². The molecular formula is C18H22N6O2. The van der Waals surface area contributed by atoms with Gasteiger partial charge in [-0.15, -0.1) is 5.10 Å². The zero-order chi connectivity index (χ0) is 17.9. The quantitative estimate of drug-likeness (QED) is 0.749. The van der Waals surface area contributed by atoms with Crippen molar-refractivity contribution in [2.45, 2.75) is 25.4 Å². The first-order valence-electron chi connectivity index (χ1n) is 8.85. The molecule has 1 unspecified atom stereocenters. The van der Waals surface area contributed by atoms with E-state index in [4.69, 9.17) is 4.74 Å². The molecule has 0 aliphatic carbocycles. The van der Waals surface area contributed by atoms with Crippen molar-refractivity contribution < 1.29 is 9.53 Å². The van der Waals surface area contributed by atoms with Crippen LogP contribution in [0.4, 0.5) is 0 Å². The third-order valence-corrected chi connectivity index (χ3v) is 4.90. The first-order chi connectivity index (χ1) is 12.7. The molecule has 0 radical (unpaired) electrons. The van der Waals surface area contributed by atoms with Crippen LogP contribution in [0.15, 0.2) is 36.7 Å². The van der Waals surface area contributed by atoms with Crippen LogP contribution in [0.25, 0.3) is 11.0 Å². The van der Waals surface area contributed by atoms with Gasteiger partial charge in [-0.3, -0.25) is 4.79 Å². The molecule has 3 heterocycles. The number of nitrogens with zero attached hydrogens (tertiary/aromatic N) is 5. The van der Waals surface area contributed by atoms with Crippen molar-refractivity contribution in [2.75, 3.05) is 13.2 Å². The fraction of sp³-hybridized carbons (Fsp3) is 0.444. The lowest BCUT2D eigenvalue weighted by Crippen LogP contribution is -2.39. The van der Waals surface area contributed by atoms with Crippen LogP contribution >= 0.6 is 0 Å². The molecule has 1 N–H and O–H groups in total. The molecule has 8 nitrogen and oxygen atoms in total. The van der Waals surface area contributed by atoms with Gasteiger partial charge in [0.15, 0.2) is 0 Å². The average Bonchev–Trinajstić information content (AvgIpc) is 3.27. The Kier molecular flexibility index (Phi) is 4.66. The van der Waals surface area contributed by atoms with Crippen molar-refractivity contribution in [2.24, 2.45) is 13.0 Å². The minimum Gasteiger partial charge on any atom is -0.381 e. The molecule has 0 bridgehead atoms. The minimum absolute atomic E-state index is 0.0971. The Morgan fingerprint density at radius 2 is 2.15 bits per heavy atom. The Bertz CT molecular complexity index is 896. The predicted molar refractivity (Wildman–Crippen MR) is 95.2 cm³/mol. The van der Waals surface area contributed by atoms with Gasteiger partial charge in [-0.2, -0.15) is 0 Å². The molecular weight excluding hydrogens is 332 g/mol. The predicted octanol–water partition coefficient (Wildman–Crippen LogP) is 1.45. The Balaban J connectivity index is 1.53. The van der Waals surface area contributed by atoms with Crippen molar-refractivity contribution in [1.29, 1.82) is 0 Å². The summed E-state index contributed by atoms with van der Waals surface area (Å²) in [6.45, 7) is 1.56. The normalized spacial score (nSPS) is 16.7. The minimum atomic E-state index is -0.138. The van der Waals surface area contributed by atoms with E-state index in [1.165, 1.54) is 0 Å². The van der Waals surface area contributed by atoms with Crippen LogP contribution in [0.5, 0.6) is 0 Å². The van der Waals surface area contributed by atoms with E-state index in [1.54, 1.807) is 10.9 Å². The number of carbonyl (C=O) groups excluding carboxylic acids is 1. The summed E-state index contributed by atoms with van der Waals surface area (Å²) < 4.78 is 9.07. The molecule has 8 heteroatoms. The first-order valence-corrected chi connectivity index (χ1v) is 8.85. The molecule has 4 rings (SSSR count). The number of fused-ring (bicyclic) bond motifs is 1. The summed E-state index contributed by atoms with van der Waals surface area (Å²) in [6, 6.07) is 7.48. The number of hydrogen-bond donors (Lipinski definition) is 1. The lowest BCUT2D eigenvalue weighted by molar-refractivity contribution is -0.123. The SMILES string of the molecule is Cn1ccnc1C(NC(=O)Cn1nnc2ccccc21)C1CCOCC1. The van der Waals surface area contributed by atoms with Crippen LogP contribution in [0.1, 0.15) is 24.7 Å². The van der Waals surface area contributed by atoms with Gasteiger partial charge in [-0.05, 0) is 30.9 Å². The fourth-order valence-corrected chi connectivity index (χ4v) is 3.51. The van der Waals surface area contributed by atoms with Crippen molar-refractivity contribution in [1.82, 2.24) is 29.9 Å². The molecule has 0 saturated carbocycles. The fourth-order valence-electron chi connectivity index (χ4n) is 3.51. The molecule has 3 aromatic rings. The summed E-state index contributed by atoms with van der Waals surface area (Å²) in [5, 5.41) is 11.4. The van der Waals surface area contributed by atoms with Crippen LogP contribution in [0.3, 0.4) is 0 Å². The molecule has 136 valence electrons. The highest BCUT2D eigenvalue weighted by Gasteiger charge is 2.29. The largest absolute Gasteiger partial charge is 0.381 e. The zero-order valence-corrected chi connectivity index (χ0v) is 14.7. The number of imidazole rings is 1. The topological polar surface area (TPSA) is 86.9 Å². The third-order valence-electron chi connectivity index (χ3n) is 4.90. The van der Waals surface area contributed by atoms with Crippen molar-refractivity contribution in [3.63, 3.8) is 0 Å². The van der Waals surface area contributed by atoms with E-state index in [2.05, 4.69) is 20.6 Å². The van der Waals surface area contributed by atoms with Crippen LogP contribution in [0, 0.1) is 5.92 Å². The van der Waals surface area contributed by atoms with Gasteiger partial charge in [0.1, 0.15) is 17.9 Å². The van der Waals surface area contributed by atoms with Crippen molar-refractivity contribution in [3.8, 4) is 0 Å². The van der Waals surface area contributed by atoms with E-state index in [-0.39, 0.29) is 18.5 Å². The summed E-state index contributed by atoms with van der Waals surface area (Å²) in [5.74, 6) is 1.08. The molecule has 0 spiro atoms. The second-order valence-electron chi connectivity index (χ2n) is 6.63. The van der Waals surface area contributed by atoms with E-state index in [9.17, 15) is 4.79 Å². The number of ether oxygens (including phenoxy) is 1. The van der Waals surface area contributed by atoms with Crippen LogP contribution in [-0.4, -0.2) is 43.7 Å². The number of nitrogens with one attached hydrogen (secondary N) is 1. The van der Waals surface area contributed by atoms with Gasteiger partial charge in [0, 0.05) is 32.7 Å².